The summed E-state index contributed by atoms with van der Waals surface area (Å²) in [4.78, 5) is 4.53. The standard InChI is InChI=1S/C28H27FN6O2/c1-13-18-8-15(29)3-4-17(18)25-19(10-34(2)33-25)16-5-6-22-24(16)26(14-7-23(37-13)28(30)31-9-14)35(32-22)27-20-11-36-12-21(20)27/h3-4,7-10,13,16,20-21,27H,5-6,11-12H2,1-2H3,(H2,30,31)/t13-,16?,20?,21?,27?/m1/s1. The molecule has 1 saturated heterocycles. The first-order chi connectivity index (χ1) is 18.0. The molecule has 0 spiro atoms. The molecule has 4 atom stereocenters. The van der Waals surface area contributed by atoms with Crippen molar-refractivity contribution in [2.45, 2.75) is 37.8 Å². The predicted octanol–water partition coefficient (Wildman–Crippen LogP) is 4.42. The number of pyridine rings is 1. The lowest BCUT2D eigenvalue weighted by atomic mass is 9.88. The number of fused-ring (bicyclic) bond motifs is 8. The smallest absolute Gasteiger partial charge is 0.166 e. The van der Waals surface area contributed by atoms with E-state index in [0.29, 0.717) is 29.4 Å². The van der Waals surface area contributed by atoms with E-state index in [9.17, 15) is 4.39 Å². The monoisotopic (exact) mass is 498 g/mol. The second-order valence-electron chi connectivity index (χ2n) is 10.8. The van der Waals surface area contributed by atoms with Gasteiger partial charge in [0.25, 0.3) is 0 Å². The molecule has 0 amide bonds. The van der Waals surface area contributed by atoms with Gasteiger partial charge in [-0.1, -0.05) is 0 Å². The summed E-state index contributed by atoms with van der Waals surface area (Å²) < 4.78 is 30.7. The minimum atomic E-state index is -0.470. The number of aryl methyl sites for hydroxylation is 2. The van der Waals surface area contributed by atoms with Crippen LogP contribution in [0.25, 0.3) is 22.5 Å². The van der Waals surface area contributed by atoms with Crippen molar-refractivity contribution < 1.29 is 13.9 Å². The minimum absolute atomic E-state index is 0.117. The fraction of sp³-hybridized carbons (Fsp3) is 0.393. The van der Waals surface area contributed by atoms with Crippen LogP contribution in [0.1, 0.15) is 53.8 Å². The summed E-state index contributed by atoms with van der Waals surface area (Å²) in [6, 6.07) is 7.15. The van der Waals surface area contributed by atoms with Crippen LogP contribution in [0.5, 0.6) is 5.75 Å². The van der Waals surface area contributed by atoms with Gasteiger partial charge in [-0.25, -0.2) is 9.37 Å². The van der Waals surface area contributed by atoms with Crippen LogP contribution in [-0.4, -0.2) is 37.8 Å². The summed E-state index contributed by atoms with van der Waals surface area (Å²) in [5.74, 6) is 1.60. The molecule has 188 valence electrons. The Bertz CT molecular complexity index is 1580. The molecule has 1 saturated carbocycles. The van der Waals surface area contributed by atoms with E-state index in [1.54, 1.807) is 0 Å². The Kier molecular flexibility index (Phi) is 4.28. The second-order valence-corrected chi connectivity index (χ2v) is 10.8. The van der Waals surface area contributed by atoms with Gasteiger partial charge < -0.3 is 15.2 Å². The molecule has 5 heterocycles. The number of anilines is 1. The van der Waals surface area contributed by atoms with E-state index >= 15 is 0 Å². The molecule has 8 rings (SSSR count). The second kappa shape index (κ2) is 7.41. The number of benzene rings is 1. The first-order valence-corrected chi connectivity index (χ1v) is 12.9. The molecule has 2 N–H and O–H groups in total. The highest BCUT2D eigenvalue weighted by Gasteiger charge is 2.57. The summed E-state index contributed by atoms with van der Waals surface area (Å²) in [7, 11) is 1.94. The molecule has 2 bridgehead atoms. The minimum Gasteiger partial charge on any atom is -0.482 e. The third kappa shape index (κ3) is 3.00. The van der Waals surface area contributed by atoms with E-state index in [1.807, 2.05) is 37.0 Å². The molecular formula is C28H27FN6O2. The van der Waals surface area contributed by atoms with Crippen LogP contribution in [0.15, 0.2) is 36.7 Å². The zero-order valence-electron chi connectivity index (χ0n) is 20.7. The van der Waals surface area contributed by atoms with Crippen LogP contribution in [0, 0.1) is 17.7 Å². The normalized spacial score (nSPS) is 26.8. The highest BCUT2D eigenvalue weighted by atomic mass is 19.1. The zero-order valence-corrected chi connectivity index (χ0v) is 20.7. The maximum Gasteiger partial charge on any atom is 0.166 e. The van der Waals surface area contributed by atoms with Crippen molar-refractivity contribution in [3.63, 3.8) is 0 Å². The van der Waals surface area contributed by atoms with Crippen molar-refractivity contribution >= 4 is 5.82 Å². The molecule has 3 aromatic heterocycles. The molecule has 0 radical (unpaired) electrons. The van der Waals surface area contributed by atoms with Crippen LogP contribution in [0.4, 0.5) is 10.2 Å². The van der Waals surface area contributed by atoms with Gasteiger partial charge in [0.15, 0.2) is 11.6 Å². The molecular weight excluding hydrogens is 471 g/mol. The van der Waals surface area contributed by atoms with E-state index in [4.69, 9.17) is 25.4 Å². The molecule has 4 aromatic rings. The van der Waals surface area contributed by atoms with Gasteiger partial charge >= 0.3 is 0 Å². The number of hydrogen-bond acceptors (Lipinski definition) is 6. The fourth-order valence-corrected chi connectivity index (χ4v) is 6.85. The lowest BCUT2D eigenvalue weighted by Gasteiger charge is -2.22. The number of nitrogens with zero attached hydrogens (tertiary/aromatic N) is 5. The third-order valence-electron chi connectivity index (χ3n) is 8.63. The van der Waals surface area contributed by atoms with Crippen molar-refractivity contribution in [3.05, 3.63) is 64.9 Å². The Morgan fingerprint density at radius 2 is 1.95 bits per heavy atom. The number of ether oxygens (including phenoxy) is 2. The van der Waals surface area contributed by atoms with Crippen LogP contribution in [-0.2, 0) is 18.2 Å². The molecule has 1 aromatic carbocycles. The molecule has 4 aliphatic rings. The number of nitrogen functional groups attached to an aromatic ring is 1. The SMILES string of the molecule is C[C@H]1Oc2cc(cnc2N)-c2c3c(nn2C2C4COCC42)CCC3c2cn(C)nc2-c2ccc(F)cc21. The highest BCUT2D eigenvalue weighted by Crippen LogP contribution is 2.57. The average molecular weight is 499 g/mol. The first kappa shape index (κ1) is 21.4. The Morgan fingerprint density at radius 3 is 2.78 bits per heavy atom. The summed E-state index contributed by atoms with van der Waals surface area (Å²) in [5.41, 5.74) is 14.3. The van der Waals surface area contributed by atoms with Gasteiger partial charge in [0, 0.05) is 65.0 Å². The van der Waals surface area contributed by atoms with Gasteiger partial charge in [0.1, 0.15) is 11.9 Å². The maximum absolute atomic E-state index is 14.5. The summed E-state index contributed by atoms with van der Waals surface area (Å²) in [5, 5.41) is 10.1. The van der Waals surface area contributed by atoms with Gasteiger partial charge in [-0.05, 0) is 44.0 Å². The summed E-state index contributed by atoms with van der Waals surface area (Å²) in [6.45, 7) is 3.48. The summed E-state index contributed by atoms with van der Waals surface area (Å²) >= 11 is 0. The van der Waals surface area contributed by atoms with Crippen molar-refractivity contribution in [1.29, 1.82) is 0 Å². The zero-order chi connectivity index (χ0) is 25.0. The van der Waals surface area contributed by atoms with Crippen LogP contribution in [0.3, 0.4) is 0 Å². The molecule has 9 heteroatoms. The van der Waals surface area contributed by atoms with Gasteiger partial charge in [-0.2, -0.15) is 10.2 Å². The van der Waals surface area contributed by atoms with Crippen molar-refractivity contribution in [2.24, 2.45) is 18.9 Å². The fourth-order valence-electron chi connectivity index (χ4n) is 6.85. The van der Waals surface area contributed by atoms with Crippen LogP contribution < -0.4 is 10.5 Å². The Hall–Kier alpha value is -3.72. The van der Waals surface area contributed by atoms with E-state index in [0.717, 1.165) is 65.4 Å². The van der Waals surface area contributed by atoms with Gasteiger partial charge in [-0.3, -0.25) is 9.36 Å². The number of halogens is 1. The Labute approximate surface area is 213 Å². The van der Waals surface area contributed by atoms with Gasteiger partial charge in [0.2, 0.25) is 0 Å². The van der Waals surface area contributed by atoms with Gasteiger partial charge in [-0.15, -0.1) is 0 Å². The third-order valence-corrected chi connectivity index (χ3v) is 8.63. The number of hydrogen-bond donors (Lipinski definition) is 1. The lowest BCUT2D eigenvalue weighted by Crippen LogP contribution is -2.12. The van der Waals surface area contributed by atoms with Crippen molar-refractivity contribution in [3.8, 4) is 28.3 Å². The van der Waals surface area contributed by atoms with Crippen molar-refractivity contribution in [1.82, 2.24) is 24.5 Å². The quantitative estimate of drug-likeness (QED) is 0.418. The topological polar surface area (TPSA) is 93.0 Å². The van der Waals surface area contributed by atoms with E-state index in [-0.39, 0.29) is 11.7 Å². The Morgan fingerprint density at radius 1 is 1.11 bits per heavy atom. The number of nitrogens with two attached hydrogens (primary N) is 1. The number of rotatable bonds is 1. The molecule has 37 heavy (non-hydrogen) atoms. The average Bonchev–Trinajstić information content (AvgIpc) is 3.38. The molecule has 2 aliphatic heterocycles. The summed E-state index contributed by atoms with van der Waals surface area (Å²) in [6.07, 6.45) is 5.30. The predicted molar refractivity (Wildman–Crippen MR) is 135 cm³/mol. The van der Waals surface area contributed by atoms with Gasteiger partial charge in [0.05, 0.1) is 36.3 Å². The van der Waals surface area contributed by atoms with E-state index in [2.05, 4.69) is 15.9 Å². The Balaban J connectivity index is 1.42. The van der Waals surface area contributed by atoms with E-state index in [1.165, 1.54) is 17.7 Å². The first-order valence-electron chi connectivity index (χ1n) is 12.9. The maximum atomic E-state index is 14.5. The highest BCUT2D eigenvalue weighted by molar-refractivity contribution is 5.74. The molecule has 2 fully saturated rings. The van der Waals surface area contributed by atoms with Crippen molar-refractivity contribution in [2.75, 3.05) is 18.9 Å². The lowest BCUT2D eigenvalue weighted by molar-refractivity contribution is 0.150. The van der Waals surface area contributed by atoms with E-state index < -0.39 is 6.10 Å². The number of aromatic nitrogens is 5. The van der Waals surface area contributed by atoms with Crippen LogP contribution >= 0.6 is 0 Å². The largest absolute Gasteiger partial charge is 0.482 e. The molecule has 2 aliphatic carbocycles. The van der Waals surface area contributed by atoms with Crippen LogP contribution in [0.2, 0.25) is 0 Å². The molecule has 3 unspecified atom stereocenters. The molecule has 8 nitrogen and oxygen atoms in total.